The van der Waals surface area contributed by atoms with Crippen LogP contribution < -0.4 is 11.1 Å². The van der Waals surface area contributed by atoms with E-state index in [1.165, 1.54) is 18.2 Å². The largest absolute Gasteiger partial charge is 0.444 e. The molecule has 184 valence electrons. The molecule has 1 aromatic carbocycles. The van der Waals surface area contributed by atoms with E-state index in [1.54, 1.807) is 29.4 Å². The van der Waals surface area contributed by atoms with Crippen LogP contribution in [-0.2, 0) is 4.74 Å². The molecule has 1 saturated heterocycles. The molecule has 9 nitrogen and oxygen atoms in total. The van der Waals surface area contributed by atoms with Gasteiger partial charge in [-0.25, -0.2) is 14.2 Å². The predicted octanol–water partition coefficient (Wildman–Crippen LogP) is 4.49. The number of nitrogens with zero attached hydrogens (tertiary/aromatic N) is 4. The molecule has 4 rings (SSSR count). The van der Waals surface area contributed by atoms with Crippen LogP contribution in [0, 0.1) is 5.82 Å². The van der Waals surface area contributed by atoms with Crippen LogP contribution in [-0.4, -0.2) is 50.4 Å². The van der Waals surface area contributed by atoms with Gasteiger partial charge in [-0.05, 0) is 57.9 Å². The van der Waals surface area contributed by atoms with Gasteiger partial charge in [0.2, 0.25) is 0 Å². The lowest BCUT2D eigenvalue weighted by molar-refractivity contribution is 0.0184. The van der Waals surface area contributed by atoms with Crippen molar-refractivity contribution in [1.82, 2.24) is 19.7 Å². The zero-order valence-corrected chi connectivity index (χ0v) is 20.0. The third kappa shape index (κ3) is 5.95. The molecule has 0 saturated carbocycles. The van der Waals surface area contributed by atoms with Crippen LogP contribution in [0.15, 0.2) is 48.9 Å². The van der Waals surface area contributed by atoms with Gasteiger partial charge in [-0.2, -0.15) is 5.10 Å². The molecule has 3 N–H and O–H groups in total. The molecule has 35 heavy (non-hydrogen) atoms. The van der Waals surface area contributed by atoms with Crippen molar-refractivity contribution in [2.24, 2.45) is 0 Å². The van der Waals surface area contributed by atoms with Gasteiger partial charge < -0.3 is 20.7 Å². The number of anilines is 2. The molecular weight excluding hydrogens is 451 g/mol. The Morgan fingerprint density at radius 2 is 1.89 bits per heavy atom. The molecule has 3 heterocycles. The number of rotatable bonds is 4. The fourth-order valence-corrected chi connectivity index (χ4v) is 3.91. The molecular formula is C25H29FN6O3. The second-order valence-electron chi connectivity index (χ2n) is 9.53. The molecule has 1 fully saturated rings. The van der Waals surface area contributed by atoms with Crippen LogP contribution in [0.5, 0.6) is 0 Å². The lowest BCUT2D eigenvalue weighted by atomic mass is 10.1. The summed E-state index contributed by atoms with van der Waals surface area (Å²) in [5, 5.41) is 7.14. The number of nitrogen functional groups attached to an aromatic ring is 1. The van der Waals surface area contributed by atoms with Crippen molar-refractivity contribution in [3.8, 4) is 11.1 Å². The van der Waals surface area contributed by atoms with Crippen molar-refractivity contribution in [2.45, 2.75) is 45.3 Å². The van der Waals surface area contributed by atoms with E-state index in [9.17, 15) is 14.0 Å². The summed E-state index contributed by atoms with van der Waals surface area (Å²) in [6.45, 7) is 6.73. The van der Waals surface area contributed by atoms with E-state index in [0.717, 1.165) is 18.4 Å². The quantitative estimate of drug-likeness (QED) is 0.569. The summed E-state index contributed by atoms with van der Waals surface area (Å²) < 4.78 is 20.8. The SMILES string of the molecule is CC(C)(C)OC(=O)N1CCC(n2cc(-c3cnc(N)c(C(=O)Nc4cccc(F)c4)c3)cn2)CC1. The van der Waals surface area contributed by atoms with E-state index in [2.05, 4.69) is 15.4 Å². The van der Waals surface area contributed by atoms with Gasteiger partial charge in [0.05, 0.1) is 17.8 Å². The molecule has 1 aliphatic rings. The number of hydrogen-bond acceptors (Lipinski definition) is 6. The Balaban J connectivity index is 1.43. The van der Waals surface area contributed by atoms with E-state index in [-0.39, 0.29) is 23.5 Å². The Hall–Kier alpha value is -3.95. The summed E-state index contributed by atoms with van der Waals surface area (Å²) >= 11 is 0. The maximum atomic E-state index is 13.4. The van der Waals surface area contributed by atoms with Crippen molar-refractivity contribution in [1.29, 1.82) is 0 Å². The lowest BCUT2D eigenvalue weighted by Crippen LogP contribution is -2.42. The number of carbonyl (C=O) groups excluding carboxylic acids is 2. The zero-order valence-electron chi connectivity index (χ0n) is 20.0. The third-order valence-electron chi connectivity index (χ3n) is 5.67. The Kier molecular flexibility index (Phi) is 6.72. The number of likely N-dealkylation sites (tertiary alicyclic amines) is 1. The minimum absolute atomic E-state index is 0.0737. The molecule has 0 unspecified atom stereocenters. The molecule has 2 amide bonds. The van der Waals surface area contributed by atoms with Crippen molar-refractivity contribution < 1.29 is 18.7 Å². The second-order valence-corrected chi connectivity index (χ2v) is 9.53. The summed E-state index contributed by atoms with van der Waals surface area (Å²) in [6.07, 6.45) is 6.40. The van der Waals surface area contributed by atoms with Crippen LogP contribution in [0.1, 0.15) is 50.0 Å². The number of nitrogens with two attached hydrogens (primary N) is 1. The average Bonchev–Trinajstić information content (AvgIpc) is 3.28. The van der Waals surface area contributed by atoms with E-state index in [4.69, 9.17) is 10.5 Å². The Morgan fingerprint density at radius 3 is 2.57 bits per heavy atom. The van der Waals surface area contributed by atoms with E-state index in [0.29, 0.717) is 24.3 Å². The molecule has 1 aliphatic heterocycles. The van der Waals surface area contributed by atoms with Crippen molar-refractivity contribution in [3.63, 3.8) is 0 Å². The number of hydrogen-bond donors (Lipinski definition) is 2. The molecule has 0 bridgehead atoms. The number of carbonyl (C=O) groups is 2. The first-order valence-electron chi connectivity index (χ1n) is 11.4. The van der Waals surface area contributed by atoms with Gasteiger partial charge in [0.1, 0.15) is 17.2 Å². The van der Waals surface area contributed by atoms with Crippen LogP contribution in [0.2, 0.25) is 0 Å². The highest BCUT2D eigenvalue weighted by Crippen LogP contribution is 2.27. The van der Waals surface area contributed by atoms with E-state index < -0.39 is 17.3 Å². The molecule has 0 atom stereocenters. The number of aromatic nitrogens is 3. The first-order valence-corrected chi connectivity index (χ1v) is 11.4. The minimum Gasteiger partial charge on any atom is -0.444 e. The zero-order chi connectivity index (χ0) is 25.2. The summed E-state index contributed by atoms with van der Waals surface area (Å²) in [4.78, 5) is 30.9. The standard InChI is InChI=1S/C25H29FN6O3/c1-25(2,3)35-24(34)31-9-7-20(8-10-31)32-15-17(14-29-32)16-11-21(22(27)28-13-16)23(33)30-19-6-4-5-18(26)12-19/h4-6,11-15,20H,7-10H2,1-3H3,(H2,27,28)(H,30,33). The smallest absolute Gasteiger partial charge is 0.410 e. The summed E-state index contributed by atoms with van der Waals surface area (Å²) in [7, 11) is 0. The molecule has 3 aromatic rings. The van der Waals surface area contributed by atoms with Gasteiger partial charge in [-0.3, -0.25) is 9.48 Å². The van der Waals surface area contributed by atoms with Crippen molar-refractivity contribution >= 4 is 23.5 Å². The van der Waals surface area contributed by atoms with E-state index >= 15 is 0 Å². The maximum Gasteiger partial charge on any atom is 0.410 e. The number of nitrogens with one attached hydrogen (secondary N) is 1. The first kappa shape index (κ1) is 24.2. The number of piperidine rings is 1. The Morgan fingerprint density at radius 1 is 1.14 bits per heavy atom. The summed E-state index contributed by atoms with van der Waals surface area (Å²) in [6, 6.07) is 7.40. The second kappa shape index (κ2) is 9.73. The number of amides is 2. The molecule has 0 aliphatic carbocycles. The third-order valence-corrected chi connectivity index (χ3v) is 5.67. The summed E-state index contributed by atoms with van der Waals surface area (Å²) in [5.74, 6) is -0.860. The van der Waals surface area contributed by atoms with Gasteiger partial charge >= 0.3 is 6.09 Å². The molecule has 10 heteroatoms. The van der Waals surface area contributed by atoms with Crippen LogP contribution >= 0.6 is 0 Å². The molecule has 0 spiro atoms. The first-order chi connectivity index (χ1) is 16.6. The highest BCUT2D eigenvalue weighted by Gasteiger charge is 2.28. The van der Waals surface area contributed by atoms with E-state index in [1.807, 2.05) is 31.6 Å². The Labute approximate surface area is 203 Å². The average molecular weight is 481 g/mol. The fraction of sp³-hybridized carbons (Fsp3) is 0.360. The van der Waals surface area contributed by atoms with Crippen LogP contribution in [0.3, 0.4) is 0 Å². The lowest BCUT2D eigenvalue weighted by Gasteiger charge is -2.33. The van der Waals surface area contributed by atoms with Gasteiger partial charge in [-0.1, -0.05) is 6.07 Å². The van der Waals surface area contributed by atoms with Gasteiger partial charge in [0.25, 0.3) is 5.91 Å². The topological polar surface area (TPSA) is 115 Å². The molecule has 2 aromatic heterocycles. The monoisotopic (exact) mass is 480 g/mol. The van der Waals surface area contributed by atoms with Gasteiger partial charge in [0.15, 0.2) is 0 Å². The Bertz CT molecular complexity index is 1230. The van der Waals surface area contributed by atoms with Gasteiger partial charge in [0, 0.05) is 42.3 Å². The van der Waals surface area contributed by atoms with Crippen LogP contribution in [0.25, 0.3) is 11.1 Å². The minimum atomic E-state index is -0.523. The highest BCUT2D eigenvalue weighted by atomic mass is 19.1. The highest BCUT2D eigenvalue weighted by molar-refractivity contribution is 6.07. The fourth-order valence-electron chi connectivity index (χ4n) is 3.91. The normalized spacial score (nSPS) is 14.6. The van der Waals surface area contributed by atoms with Crippen molar-refractivity contribution in [3.05, 3.63) is 60.3 Å². The number of halogens is 1. The number of ether oxygens (including phenoxy) is 1. The molecule has 0 radical (unpaired) electrons. The summed E-state index contributed by atoms with van der Waals surface area (Å²) in [5.41, 5.74) is 7.39. The number of pyridine rings is 1. The maximum absolute atomic E-state index is 13.4. The predicted molar refractivity (Wildman–Crippen MR) is 130 cm³/mol. The van der Waals surface area contributed by atoms with Crippen molar-refractivity contribution in [2.75, 3.05) is 24.1 Å². The van der Waals surface area contributed by atoms with Crippen LogP contribution in [0.4, 0.5) is 20.7 Å². The van der Waals surface area contributed by atoms with Gasteiger partial charge in [-0.15, -0.1) is 0 Å². The number of benzene rings is 1.